The van der Waals surface area contributed by atoms with Gasteiger partial charge in [-0.15, -0.1) is 0 Å². The van der Waals surface area contributed by atoms with Crippen LogP contribution in [0.15, 0.2) is 54.7 Å². The van der Waals surface area contributed by atoms with E-state index in [9.17, 15) is 22.7 Å². The first-order valence-electron chi connectivity index (χ1n) is 11.7. The lowest BCUT2D eigenvalue weighted by Crippen LogP contribution is -2.33. The van der Waals surface area contributed by atoms with Crippen molar-refractivity contribution in [2.45, 2.75) is 50.9 Å². The molecule has 1 saturated heterocycles. The van der Waals surface area contributed by atoms with Crippen LogP contribution in [0.5, 0.6) is 0 Å². The summed E-state index contributed by atoms with van der Waals surface area (Å²) in [5, 5.41) is 9.74. The van der Waals surface area contributed by atoms with Gasteiger partial charge in [0, 0.05) is 29.8 Å². The molecule has 0 amide bonds. The average Bonchev–Trinajstić information content (AvgIpc) is 2.83. The molecule has 1 aromatic heterocycles. The fourth-order valence-corrected chi connectivity index (χ4v) is 4.26. The number of piperidine rings is 1. The number of nitrogens with zero attached hydrogens (tertiary/aromatic N) is 3. The van der Waals surface area contributed by atoms with E-state index in [4.69, 9.17) is 0 Å². The number of hydrogen-bond acceptors (Lipinski definition) is 4. The van der Waals surface area contributed by atoms with Gasteiger partial charge in [0.25, 0.3) is 0 Å². The van der Waals surface area contributed by atoms with E-state index in [2.05, 4.69) is 26.7 Å². The van der Waals surface area contributed by atoms with Crippen molar-refractivity contribution in [3.05, 3.63) is 83.2 Å². The summed E-state index contributed by atoms with van der Waals surface area (Å²) >= 11 is 0. The van der Waals surface area contributed by atoms with Crippen molar-refractivity contribution in [3.63, 3.8) is 0 Å². The molecule has 1 N–H and O–H groups in total. The van der Waals surface area contributed by atoms with E-state index >= 15 is 0 Å². The van der Waals surface area contributed by atoms with E-state index < -0.39 is 23.4 Å². The third kappa shape index (κ3) is 6.68. The number of rotatable bonds is 4. The zero-order valence-corrected chi connectivity index (χ0v) is 20.1. The van der Waals surface area contributed by atoms with Crippen LogP contribution >= 0.6 is 0 Å². The van der Waals surface area contributed by atoms with E-state index in [0.29, 0.717) is 49.3 Å². The summed E-state index contributed by atoms with van der Waals surface area (Å²) in [6.07, 6.45) is -2.23. The summed E-state index contributed by atoms with van der Waals surface area (Å²) in [6.45, 7) is 5.35. The molecule has 0 radical (unpaired) electrons. The second kappa shape index (κ2) is 10.4. The molecule has 1 fully saturated rings. The molecule has 0 spiro atoms. The Balaban J connectivity index is 1.48. The summed E-state index contributed by atoms with van der Waals surface area (Å²) < 4.78 is 53.9. The summed E-state index contributed by atoms with van der Waals surface area (Å²) in [7, 11) is 0. The summed E-state index contributed by atoms with van der Waals surface area (Å²) in [5.41, 5.74) is 2.08. The Labute approximate surface area is 208 Å². The first-order valence-corrected chi connectivity index (χ1v) is 11.7. The van der Waals surface area contributed by atoms with Crippen LogP contribution in [-0.4, -0.2) is 38.7 Å². The molecule has 2 aromatic carbocycles. The third-order valence-electron chi connectivity index (χ3n) is 6.05. The summed E-state index contributed by atoms with van der Waals surface area (Å²) in [5.74, 6) is 3.90. The van der Waals surface area contributed by atoms with Crippen molar-refractivity contribution < 1.29 is 22.7 Å². The Morgan fingerprint density at radius 3 is 2.36 bits per heavy atom. The van der Waals surface area contributed by atoms with E-state index in [1.54, 1.807) is 19.9 Å². The molecule has 0 unspecified atom stereocenters. The molecular weight excluding hydrogens is 470 g/mol. The number of hydrogen-bond donors (Lipinski definition) is 1. The normalized spacial score (nSPS) is 15.4. The van der Waals surface area contributed by atoms with Gasteiger partial charge in [-0.2, -0.15) is 13.2 Å². The van der Waals surface area contributed by atoms with Crippen molar-refractivity contribution in [1.29, 1.82) is 0 Å². The molecule has 0 atom stereocenters. The first-order chi connectivity index (χ1) is 17.0. The maximum Gasteiger partial charge on any atom is 0.451 e. The van der Waals surface area contributed by atoms with Gasteiger partial charge in [-0.1, -0.05) is 36.1 Å². The number of aromatic nitrogens is 2. The standard InChI is InChI=1S/C28H27F4N3O/c1-27(2,36)13-10-19-6-8-20(9-7-19)18-35-14-11-21(12-15-35)25-24(22-4-3-5-23(29)16-22)17-33-26(34-25)28(30,31)32/h3-9,16-17,21,36H,11-12,14-15,18H2,1-2H3. The molecule has 8 heteroatoms. The van der Waals surface area contributed by atoms with E-state index in [-0.39, 0.29) is 5.92 Å². The topological polar surface area (TPSA) is 49.2 Å². The zero-order chi connectivity index (χ0) is 25.9. The predicted molar refractivity (Wildman–Crippen MR) is 129 cm³/mol. The molecule has 1 aliphatic rings. The molecule has 188 valence electrons. The second-order valence-corrected chi connectivity index (χ2v) is 9.56. The largest absolute Gasteiger partial charge is 0.451 e. The van der Waals surface area contributed by atoms with Gasteiger partial charge in [-0.25, -0.2) is 14.4 Å². The summed E-state index contributed by atoms with van der Waals surface area (Å²) in [6, 6.07) is 13.6. The van der Waals surface area contributed by atoms with Crippen molar-refractivity contribution in [2.75, 3.05) is 13.1 Å². The van der Waals surface area contributed by atoms with Crippen LogP contribution in [0.2, 0.25) is 0 Å². The van der Waals surface area contributed by atoms with Gasteiger partial charge in [0.1, 0.15) is 11.4 Å². The fraction of sp³-hybridized carbons (Fsp3) is 0.357. The molecule has 2 heterocycles. The number of alkyl halides is 3. The number of halogens is 4. The Hall–Kier alpha value is -3.28. The number of likely N-dealkylation sites (tertiary alicyclic amines) is 1. The van der Waals surface area contributed by atoms with E-state index in [1.807, 2.05) is 24.3 Å². The van der Waals surface area contributed by atoms with E-state index in [1.165, 1.54) is 18.2 Å². The minimum atomic E-state index is -4.65. The Morgan fingerprint density at radius 1 is 1.06 bits per heavy atom. The highest BCUT2D eigenvalue weighted by molar-refractivity contribution is 5.65. The molecule has 4 rings (SSSR count). The zero-order valence-electron chi connectivity index (χ0n) is 20.1. The Morgan fingerprint density at radius 2 is 1.75 bits per heavy atom. The summed E-state index contributed by atoms with van der Waals surface area (Å²) in [4.78, 5) is 9.69. The van der Waals surface area contributed by atoms with Crippen molar-refractivity contribution in [1.82, 2.24) is 14.9 Å². The highest BCUT2D eigenvalue weighted by Gasteiger charge is 2.36. The van der Waals surface area contributed by atoms with Gasteiger partial charge in [0.15, 0.2) is 0 Å². The maximum atomic E-state index is 13.8. The Bertz CT molecular complexity index is 1260. The lowest BCUT2D eigenvalue weighted by molar-refractivity contribution is -0.145. The minimum absolute atomic E-state index is 0.192. The molecular formula is C28H27F4N3O. The van der Waals surface area contributed by atoms with Crippen molar-refractivity contribution in [2.24, 2.45) is 0 Å². The minimum Gasteiger partial charge on any atom is -0.378 e. The Kier molecular flexibility index (Phi) is 7.43. The molecule has 0 saturated carbocycles. The molecule has 3 aromatic rings. The monoisotopic (exact) mass is 497 g/mol. The van der Waals surface area contributed by atoms with Crippen molar-refractivity contribution in [3.8, 4) is 23.0 Å². The lowest BCUT2D eigenvalue weighted by Gasteiger charge is -2.32. The highest BCUT2D eigenvalue weighted by Crippen LogP contribution is 2.36. The molecule has 1 aliphatic heterocycles. The molecule has 4 nitrogen and oxygen atoms in total. The van der Waals surface area contributed by atoms with Crippen LogP contribution in [0, 0.1) is 17.7 Å². The highest BCUT2D eigenvalue weighted by atomic mass is 19.4. The van der Waals surface area contributed by atoms with Gasteiger partial charge in [0.05, 0.1) is 5.69 Å². The van der Waals surface area contributed by atoms with E-state index in [0.717, 1.165) is 17.3 Å². The SMILES string of the molecule is CC(C)(O)C#Cc1ccc(CN2CCC(c3nc(C(F)(F)F)ncc3-c3cccc(F)c3)CC2)cc1. The van der Waals surface area contributed by atoms with Gasteiger partial charge in [-0.05, 0) is 75.2 Å². The molecule has 0 bridgehead atoms. The number of benzene rings is 2. The van der Waals surface area contributed by atoms with Crippen LogP contribution in [0.25, 0.3) is 11.1 Å². The van der Waals surface area contributed by atoms with Gasteiger partial charge >= 0.3 is 6.18 Å². The molecule has 36 heavy (non-hydrogen) atoms. The van der Waals surface area contributed by atoms with Crippen molar-refractivity contribution >= 4 is 0 Å². The second-order valence-electron chi connectivity index (χ2n) is 9.56. The quantitative estimate of drug-likeness (QED) is 0.366. The third-order valence-corrected chi connectivity index (χ3v) is 6.05. The van der Waals surface area contributed by atoms with Gasteiger partial charge < -0.3 is 5.11 Å². The van der Waals surface area contributed by atoms with Crippen LogP contribution in [0.4, 0.5) is 17.6 Å². The maximum absolute atomic E-state index is 13.8. The van der Waals surface area contributed by atoms with Gasteiger partial charge in [0.2, 0.25) is 5.82 Å². The smallest absolute Gasteiger partial charge is 0.378 e. The fourth-order valence-electron chi connectivity index (χ4n) is 4.26. The first kappa shape index (κ1) is 25.8. The molecule has 0 aliphatic carbocycles. The lowest BCUT2D eigenvalue weighted by atomic mass is 9.88. The van der Waals surface area contributed by atoms with Crippen LogP contribution < -0.4 is 0 Å². The van der Waals surface area contributed by atoms with Crippen LogP contribution in [-0.2, 0) is 12.7 Å². The number of aliphatic hydroxyl groups is 1. The van der Waals surface area contributed by atoms with Gasteiger partial charge in [-0.3, -0.25) is 4.90 Å². The predicted octanol–water partition coefficient (Wildman–Crippen LogP) is 5.80. The average molecular weight is 498 g/mol. The van der Waals surface area contributed by atoms with Crippen LogP contribution in [0.3, 0.4) is 0 Å². The van der Waals surface area contributed by atoms with Crippen LogP contribution in [0.1, 0.15) is 55.3 Å².